The fraction of sp³-hybridized carbons (Fsp3) is 0.750. The van der Waals surface area contributed by atoms with E-state index >= 15 is 0 Å². The van der Waals surface area contributed by atoms with E-state index in [0.29, 0.717) is 60.5 Å². The van der Waals surface area contributed by atoms with E-state index in [2.05, 4.69) is 41.5 Å². The third-order valence-electron chi connectivity index (χ3n) is 8.35. The number of fused-ring (bicyclic) bond motifs is 4. The number of hydrogen-bond donors (Lipinski definition) is 0. The predicted molar refractivity (Wildman–Crippen MR) is 117 cm³/mol. The minimum atomic E-state index is 0.215. The topological polar surface area (TPSA) is 34.1 Å². The van der Waals surface area contributed by atoms with Crippen molar-refractivity contribution >= 4 is 37.8 Å². The van der Waals surface area contributed by atoms with Crippen LogP contribution in [0.1, 0.15) is 67.2 Å². The SMILES string of the molecule is CC1=C(C[Se][Se]CC2=C(C)[C@@H]3CC(=O)[C@H]2CC3(C)C)[C@@H]2CC(C)(C)[C@H]1CC2=O. The molecule has 4 bridgehead atoms. The number of carbonyl (C=O) groups excluding carboxylic acids is 2. The summed E-state index contributed by atoms with van der Waals surface area (Å²) in [5.74, 6) is 2.39. The summed E-state index contributed by atoms with van der Waals surface area (Å²) in [5.41, 5.74) is 6.69. The van der Waals surface area contributed by atoms with E-state index in [-0.39, 0.29) is 11.8 Å². The molecule has 6 aliphatic rings. The molecule has 0 heterocycles. The summed E-state index contributed by atoms with van der Waals surface area (Å²) >= 11 is 1.18. The Morgan fingerprint density at radius 2 is 1.11 bits per heavy atom. The summed E-state index contributed by atoms with van der Waals surface area (Å²) in [6.07, 6.45) is 3.67. The Morgan fingerprint density at radius 1 is 0.750 bits per heavy atom. The summed E-state index contributed by atoms with van der Waals surface area (Å²) in [6, 6.07) is 0. The molecule has 0 aromatic heterocycles. The van der Waals surface area contributed by atoms with E-state index in [1.807, 2.05) is 0 Å². The fourth-order valence-electron chi connectivity index (χ4n) is 6.55. The standard InChI is InChI=1S/C24H34O2Se2/c1-13-17(15-9-23(3,4)19(13)7-21(15)25)11-27-28-12-18-14(2)20-8-22(26)16(18)10-24(20,5)6/h15-16,19-20H,7-12H2,1-6H3/t15-,16-,19-,20-/m0/s1. The van der Waals surface area contributed by atoms with Crippen molar-refractivity contribution < 1.29 is 9.59 Å². The van der Waals surface area contributed by atoms with Crippen LogP contribution in [0.2, 0.25) is 10.6 Å². The number of hydrogen-bond acceptors (Lipinski definition) is 2. The quantitative estimate of drug-likeness (QED) is 0.294. The second-order valence-electron chi connectivity index (χ2n) is 10.9. The maximum atomic E-state index is 12.5. The van der Waals surface area contributed by atoms with Crippen molar-refractivity contribution in [2.75, 3.05) is 0 Å². The van der Waals surface area contributed by atoms with E-state index in [1.54, 1.807) is 11.1 Å². The fourth-order valence-corrected chi connectivity index (χ4v) is 13.8. The molecule has 0 aromatic carbocycles. The van der Waals surface area contributed by atoms with E-state index < -0.39 is 0 Å². The van der Waals surface area contributed by atoms with Gasteiger partial charge >= 0.3 is 182 Å². The third kappa shape index (κ3) is 3.37. The van der Waals surface area contributed by atoms with Crippen molar-refractivity contribution in [3.05, 3.63) is 22.3 Å². The van der Waals surface area contributed by atoms with Crippen molar-refractivity contribution in [2.24, 2.45) is 34.5 Å². The molecule has 2 saturated carbocycles. The van der Waals surface area contributed by atoms with Crippen molar-refractivity contribution in [3.63, 3.8) is 0 Å². The van der Waals surface area contributed by atoms with E-state index in [0.717, 1.165) is 25.7 Å². The summed E-state index contributed by atoms with van der Waals surface area (Å²) in [4.78, 5) is 25.1. The van der Waals surface area contributed by atoms with Crippen LogP contribution in [-0.2, 0) is 9.59 Å². The van der Waals surface area contributed by atoms with Gasteiger partial charge in [-0.05, 0) is 0 Å². The van der Waals surface area contributed by atoms with Gasteiger partial charge < -0.3 is 0 Å². The van der Waals surface area contributed by atoms with Crippen LogP contribution in [0.15, 0.2) is 22.3 Å². The molecule has 0 amide bonds. The van der Waals surface area contributed by atoms with Gasteiger partial charge in [0, 0.05) is 0 Å². The second-order valence-corrected chi connectivity index (χ2v) is 18.2. The van der Waals surface area contributed by atoms with E-state index in [1.165, 1.54) is 21.8 Å². The molecule has 0 saturated heterocycles. The average molecular weight is 512 g/mol. The van der Waals surface area contributed by atoms with Crippen LogP contribution in [0.3, 0.4) is 0 Å². The Labute approximate surface area is 181 Å². The zero-order valence-corrected chi connectivity index (χ0v) is 21.6. The van der Waals surface area contributed by atoms with Crippen LogP contribution in [0.25, 0.3) is 0 Å². The second kappa shape index (κ2) is 7.22. The van der Waals surface area contributed by atoms with Gasteiger partial charge in [-0.2, -0.15) is 0 Å². The molecular weight excluding hydrogens is 478 g/mol. The Balaban J connectivity index is 1.41. The van der Waals surface area contributed by atoms with Gasteiger partial charge in [0.25, 0.3) is 0 Å². The van der Waals surface area contributed by atoms with Crippen molar-refractivity contribution in [3.8, 4) is 0 Å². The molecule has 0 unspecified atom stereocenters. The number of carbonyl (C=O) groups is 2. The van der Waals surface area contributed by atoms with Crippen molar-refractivity contribution in [2.45, 2.75) is 77.9 Å². The molecule has 0 radical (unpaired) electrons. The van der Waals surface area contributed by atoms with Crippen molar-refractivity contribution in [1.29, 1.82) is 0 Å². The van der Waals surface area contributed by atoms with Gasteiger partial charge in [0.1, 0.15) is 0 Å². The van der Waals surface area contributed by atoms with Crippen LogP contribution in [0.5, 0.6) is 0 Å². The zero-order valence-electron chi connectivity index (χ0n) is 18.2. The van der Waals surface area contributed by atoms with Gasteiger partial charge in [-0.1, -0.05) is 0 Å². The predicted octanol–water partition coefficient (Wildman–Crippen LogP) is 5.05. The average Bonchev–Trinajstić information content (AvgIpc) is 2.59. The van der Waals surface area contributed by atoms with Crippen LogP contribution >= 0.6 is 0 Å². The molecule has 2 nitrogen and oxygen atoms in total. The molecule has 0 spiro atoms. The minimum absolute atomic E-state index is 0.215. The summed E-state index contributed by atoms with van der Waals surface area (Å²) < 4.78 is 0. The zero-order chi connectivity index (χ0) is 20.4. The monoisotopic (exact) mass is 514 g/mol. The Morgan fingerprint density at radius 3 is 1.46 bits per heavy atom. The van der Waals surface area contributed by atoms with Crippen molar-refractivity contribution in [1.82, 2.24) is 0 Å². The molecule has 154 valence electrons. The van der Waals surface area contributed by atoms with Gasteiger partial charge in [-0.15, -0.1) is 0 Å². The molecule has 0 aliphatic heterocycles. The van der Waals surface area contributed by atoms with Crippen LogP contribution in [-0.4, -0.2) is 37.8 Å². The van der Waals surface area contributed by atoms with Crippen LogP contribution < -0.4 is 0 Å². The number of ketones is 2. The van der Waals surface area contributed by atoms with Crippen LogP contribution in [0, 0.1) is 34.5 Å². The van der Waals surface area contributed by atoms with Gasteiger partial charge in [0.05, 0.1) is 0 Å². The summed E-state index contributed by atoms with van der Waals surface area (Å²) in [5, 5.41) is 2.34. The summed E-state index contributed by atoms with van der Waals surface area (Å²) in [7, 11) is 0. The summed E-state index contributed by atoms with van der Waals surface area (Å²) in [6.45, 7) is 14.0. The van der Waals surface area contributed by atoms with E-state index in [9.17, 15) is 9.59 Å². The number of Topliss-reactive ketones (excluding diaryl/α,β-unsaturated/α-hetero) is 2. The third-order valence-corrected chi connectivity index (χ3v) is 14.9. The molecule has 6 aliphatic carbocycles. The van der Waals surface area contributed by atoms with Gasteiger partial charge in [0.15, 0.2) is 0 Å². The number of allylic oxidation sites excluding steroid dienone is 4. The molecule has 2 fully saturated rings. The molecule has 0 N–H and O–H groups in total. The van der Waals surface area contributed by atoms with Gasteiger partial charge in [0.2, 0.25) is 0 Å². The maximum absolute atomic E-state index is 12.5. The molecule has 28 heavy (non-hydrogen) atoms. The first-order valence-corrected chi connectivity index (χ1v) is 17.5. The van der Waals surface area contributed by atoms with Crippen LogP contribution in [0.4, 0.5) is 0 Å². The molecule has 0 aromatic rings. The first kappa shape index (κ1) is 21.1. The molecule has 4 heteroatoms. The Bertz CT molecular complexity index is 720. The molecule has 4 atom stereocenters. The van der Waals surface area contributed by atoms with Gasteiger partial charge in [-0.25, -0.2) is 0 Å². The number of rotatable bonds is 5. The molecular formula is C24H34O2Se2. The first-order chi connectivity index (χ1) is 13.0. The first-order valence-electron chi connectivity index (χ1n) is 10.7. The molecule has 6 rings (SSSR count). The Hall–Kier alpha value is -0.141. The van der Waals surface area contributed by atoms with Gasteiger partial charge in [-0.3, -0.25) is 0 Å². The van der Waals surface area contributed by atoms with E-state index in [4.69, 9.17) is 0 Å². The normalized spacial score (nSPS) is 35.9. The Kier molecular flexibility index (Phi) is 5.45.